The zero-order valence-corrected chi connectivity index (χ0v) is 13.6. The Morgan fingerprint density at radius 2 is 1.55 bits per heavy atom. The maximum atomic E-state index is 6.12. The average Bonchev–Trinajstić information content (AvgIpc) is 2.50. The van der Waals surface area contributed by atoms with Gasteiger partial charge in [-0.2, -0.15) is 0 Å². The van der Waals surface area contributed by atoms with E-state index in [-0.39, 0.29) is 5.41 Å². The minimum atomic E-state index is 0.0583. The first-order valence-electron chi connectivity index (χ1n) is 8.14. The van der Waals surface area contributed by atoms with Crippen molar-refractivity contribution in [3.8, 4) is 0 Å². The third-order valence-corrected chi connectivity index (χ3v) is 4.15. The molecule has 1 rings (SSSR count). The molecule has 2 nitrogen and oxygen atoms in total. The summed E-state index contributed by atoms with van der Waals surface area (Å²) in [6.45, 7) is 11.0. The Morgan fingerprint density at radius 3 is 2.00 bits per heavy atom. The molecule has 114 valence electrons. The van der Waals surface area contributed by atoms with Crippen LogP contribution in [0, 0.1) is 0 Å². The van der Waals surface area contributed by atoms with Gasteiger partial charge in [0, 0.05) is 18.5 Å². The molecule has 0 heterocycles. The minimum absolute atomic E-state index is 0.0583. The Kier molecular flexibility index (Phi) is 7.86. The fourth-order valence-electron chi connectivity index (χ4n) is 2.64. The molecule has 20 heavy (non-hydrogen) atoms. The number of hydrogen-bond acceptors (Lipinski definition) is 2. The molecule has 2 heteroatoms. The molecule has 1 atom stereocenters. The van der Waals surface area contributed by atoms with E-state index in [9.17, 15) is 0 Å². The smallest absolute Gasteiger partial charge is 0.0174 e. The Hall–Kier alpha value is -0.860. The molecule has 1 aromatic rings. The SMILES string of the molecule is CCCCN(CCCC)CC(C)(CN)c1ccccc1. The van der Waals surface area contributed by atoms with E-state index in [0.717, 1.165) is 6.54 Å². The van der Waals surface area contributed by atoms with Gasteiger partial charge in [-0.05, 0) is 31.5 Å². The van der Waals surface area contributed by atoms with Crippen LogP contribution >= 0.6 is 0 Å². The van der Waals surface area contributed by atoms with Crippen molar-refractivity contribution in [1.82, 2.24) is 4.90 Å². The van der Waals surface area contributed by atoms with Gasteiger partial charge in [-0.25, -0.2) is 0 Å². The molecular weight excluding hydrogens is 244 g/mol. The molecule has 0 aliphatic carbocycles. The van der Waals surface area contributed by atoms with Crippen molar-refractivity contribution in [2.24, 2.45) is 5.73 Å². The monoisotopic (exact) mass is 276 g/mol. The highest BCUT2D eigenvalue weighted by Gasteiger charge is 2.27. The van der Waals surface area contributed by atoms with Crippen molar-refractivity contribution < 1.29 is 0 Å². The normalized spacial score (nSPS) is 14.4. The van der Waals surface area contributed by atoms with E-state index in [0.29, 0.717) is 6.54 Å². The van der Waals surface area contributed by atoms with Crippen LogP contribution in [0.4, 0.5) is 0 Å². The molecule has 1 aromatic carbocycles. The van der Waals surface area contributed by atoms with Gasteiger partial charge in [0.2, 0.25) is 0 Å². The molecule has 0 aliphatic rings. The van der Waals surface area contributed by atoms with E-state index in [1.54, 1.807) is 0 Å². The molecule has 2 N–H and O–H groups in total. The molecule has 0 saturated heterocycles. The minimum Gasteiger partial charge on any atom is -0.330 e. The molecule has 0 bridgehead atoms. The van der Waals surface area contributed by atoms with E-state index >= 15 is 0 Å². The quantitative estimate of drug-likeness (QED) is 0.704. The van der Waals surface area contributed by atoms with Gasteiger partial charge in [-0.1, -0.05) is 63.9 Å². The van der Waals surface area contributed by atoms with Crippen LogP contribution in [0.3, 0.4) is 0 Å². The fourth-order valence-corrected chi connectivity index (χ4v) is 2.64. The van der Waals surface area contributed by atoms with E-state index in [4.69, 9.17) is 5.73 Å². The van der Waals surface area contributed by atoms with Crippen LogP contribution in [-0.2, 0) is 5.41 Å². The van der Waals surface area contributed by atoms with Crippen molar-refractivity contribution >= 4 is 0 Å². The van der Waals surface area contributed by atoms with Crippen molar-refractivity contribution in [3.05, 3.63) is 35.9 Å². The highest BCUT2D eigenvalue weighted by atomic mass is 15.1. The highest BCUT2D eigenvalue weighted by Crippen LogP contribution is 2.24. The number of rotatable bonds is 10. The second-order valence-electron chi connectivity index (χ2n) is 6.11. The molecule has 0 saturated carbocycles. The summed E-state index contributed by atoms with van der Waals surface area (Å²) in [4.78, 5) is 2.60. The predicted octanol–water partition coefficient (Wildman–Crippen LogP) is 3.81. The van der Waals surface area contributed by atoms with Gasteiger partial charge in [0.05, 0.1) is 0 Å². The summed E-state index contributed by atoms with van der Waals surface area (Å²) in [5.74, 6) is 0. The predicted molar refractivity (Wildman–Crippen MR) is 89.1 cm³/mol. The lowest BCUT2D eigenvalue weighted by molar-refractivity contribution is 0.211. The van der Waals surface area contributed by atoms with Crippen LogP contribution in [0.15, 0.2) is 30.3 Å². The Balaban J connectivity index is 2.75. The lowest BCUT2D eigenvalue weighted by Crippen LogP contribution is -2.44. The van der Waals surface area contributed by atoms with Crippen molar-refractivity contribution in [2.45, 2.75) is 51.9 Å². The van der Waals surface area contributed by atoms with Crippen molar-refractivity contribution in [3.63, 3.8) is 0 Å². The maximum absolute atomic E-state index is 6.12. The zero-order chi connectivity index (χ0) is 14.8. The number of nitrogens with two attached hydrogens (primary N) is 1. The summed E-state index contributed by atoms with van der Waals surface area (Å²) < 4.78 is 0. The first-order chi connectivity index (χ1) is 9.66. The third-order valence-electron chi connectivity index (χ3n) is 4.15. The van der Waals surface area contributed by atoms with Gasteiger partial charge in [-0.15, -0.1) is 0 Å². The number of benzene rings is 1. The summed E-state index contributed by atoms with van der Waals surface area (Å²) in [7, 11) is 0. The van der Waals surface area contributed by atoms with Crippen LogP contribution in [0.2, 0.25) is 0 Å². The van der Waals surface area contributed by atoms with E-state index < -0.39 is 0 Å². The van der Waals surface area contributed by atoms with Crippen LogP contribution in [0.25, 0.3) is 0 Å². The highest BCUT2D eigenvalue weighted by molar-refractivity contribution is 5.25. The molecule has 0 radical (unpaired) electrons. The van der Waals surface area contributed by atoms with Crippen LogP contribution in [-0.4, -0.2) is 31.1 Å². The van der Waals surface area contributed by atoms with Crippen LogP contribution in [0.5, 0.6) is 0 Å². The fraction of sp³-hybridized carbons (Fsp3) is 0.667. The Labute approximate surface area is 125 Å². The standard InChI is InChI=1S/C18H32N2/c1-4-6-13-20(14-7-5-2)16-18(3,15-19)17-11-9-8-10-12-17/h8-12H,4-7,13-16,19H2,1-3H3. The Bertz CT molecular complexity index is 342. The number of unbranched alkanes of at least 4 members (excludes halogenated alkanes) is 2. The molecule has 0 aromatic heterocycles. The summed E-state index contributed by atoms with van der Waals surface area (Å²) in [5, 5.41) is 0. The third kappa shape index (κ3) is 5.26. The lowest BCUT2D eigenvalue weighted by Gasteiger charge is -2.35. The molecule has 0 amide bonds. The first kappa shape index (κ1) is 17.2. The van der Waals surface area contributed by atoms with Gasteiger partial charge >= 0.3 is 0 Å². The van der Waals surface area contributed by atoms with Crippen LogP contribution < -0.4 is 5.73 Å². The second kappa shape index (κ2) is 9.15. The first-order valence-corrected chi connectivity index (χ1v) is 8.14. The van der Waals surface area contributed by atoms with Crippen LogP contribution in [0.1, 0.15) is 52.0 Å². The van der Waals surface area contributed by atoms with Gasteiger partial charge in [-0.3, -0.25) is 0 Å². The number of hydrogen-bond donors (Lipinski definition) is 1. The molecule has 0 fully saturated rings. The van der Waals surface area contributed by atoms with Gasteiger partial charge in [0.25, 0.3) is 0 Å². The maximum Gasteiger partial charge on any atom is 0.0174 e. The number of nitrogens with zero attached hydrogens (tertiary/aromatic N) is 1. The largest absolute Gasteiger partial charge is 0.330 e. The van der Waals surface area contributed by atoms with Crippen molar-refractivity contribution in [1.29, 1.82) is 0 Å². The van der Waals surface area contributed by atoms with E-state index in [1.807, 2.05) is 0 Å². The molecular formula is C18H32N2. The van der Waals surface area contributed by atoms with Gasteiger partial charge < -0.3 is 10.6 Å². The summed E-state index contributed by atoms with van der Waals surface area (Å²) >= 11 is 0. The lowest BCUT2D eigenvalue weighted by atomic mass is 9.82. The summed E-state index contributed by atoms with van der Waals surface area (Å²) in [5.41, 5.74) is 7.54. The summed E-state index contributed by atoms with van der Waals surface area (Å²) in [6, 6.07) is 10.7. The molecule has 0 spiro atoms. The zero-order valence-electron chi connectivity index (χ0n) is 13.6. The van der Waals surface area contributed by atoms with Gasteiger partial charge in [0.15, 0.2) is 0 Å². The summed E-state index contributed by atoms with van der Waals surface area (Å²) in [6.07, 6.45) is 5.07. The average molecular weight is 276 g/mol. The second-order valence-corrected chi connectivity index (χ2v) is 6.11. The van der Waals surface area contributed by atoms with E-state index in [1.165, 1.54) is 44.3 Å². The molecule has 0 aliphatic heterocycles. The van der Waals surface area contributed by atoms with Crippen molar-refractivity contribution in [2.75, 3.05) is 26.2 Å². The Morgan fingerprint density at radius 1 is 1.00 bits per heavy atom. The topological polar surface area (TPSA) is 29.3 Å². The van der Waals surface area contributed by atoms with Gasteiger partial charge in [0.1, 0.15) is 0 Å². The molecule has 1 unspecified atom stereocenters. The van der Waals surface area contributed by atoms with E-state index in [2.05, 4.69) is 56.0 Å².